The van der Waals surface area contributed by atoms with E-state index in [0.717, 1.165) is 12.8 Å². The van der Waals surface area contributed by atoms with Gasteiger partial charge in [0, 0.05) is 20.4 Å². The fourth-order valence-corrected chi connectivity index (χ4v) is 3.15. The predicted octanol–water partition coefficient (Wildman–Crippen LogP) is 4.36. The van der Waals surface area contributed by atoms with Crippen molar-refractivity contribution in [3.8, 4) is 0 Å². The van der Waals surface area contributed by atoms with Crippen molar-refractivity contribution in [2.75, 3.05) is 6.54 Å². The molecule has 1 nitrogen and oxygen atoms in total. The van der Waals surface area contributed by atoms with Gasteiger partial charge in [-0.25, -0.2) is 0 Å². The van der Waals surface area contributed by atoms with Crippen molar-refractivity contribution in [3.63, 3.8) is 0 Å². The Morgan fingerprint density at radius 2 is 2.06 bits per heavy atom. The third-order valence-electron chi connectivity index (χ3n) is 3.82. The van der Waals surface area contributed by atoms with Gasteiger partial charge in [-0.1, -0.05) is 35.7 Å². The Balaban J connectivity index is 0.00000162. The Kier molecular flexibility index (Phi) is 6.16. The Bertz CT molecular complexity index is 411. The Hall–Kier alpha value is 0.422. The van der Waals surface area contributed by atoms with E-state index >= 15 is 0 Å². The summed E-state index contributed by atoms with van der Waals surface area (Å²) in [5.74, 6) is 1.53. The second-order valence-corrected chi connectivity index (χ2v) is 5.92. The van der Waals surface area contributed by atoms with Crippen LogP contribution in [0.1, 0.15) is 38.2 Å². The molecule has 1 atom stereocenters. The van der Waals surface area contributed by atoms with Gasteiger partial charge in [-0.15, -0.1) is 0 Å². The fraction of sp³-hybridized carbons (Fsp3) is 0.500. The predicted molar refractivity (Wildman–Crippen MR) is 74.6 cm³/mol. The molecule has 0 unspecified atom stereocenters. The van der Waals surface area contributed by atoms with Crippen molar-refractivity contribution >= 4 is 23.2 Å². The Morgan fingerprint density at radius 1 is 1.33 bits per heavy atom. The molecule has 1 aromatic carbocycles. The molecule has 2 rings (SSSR count). The van der Waals surface area contributed by atoms with E-state index in [9.17, 15) is 0 Å². The van der Waals surface area contributed by atoms with Gasteiger partial charge in [0.2, 0.25) is 0 Å². The largest absolute Gasteiger partial charge is 0.330 e. The second-order valence-electron chi connectivity index (χ2n) is 5.10. The van der Waals surface area contributed by atoms with E-state index in [0.29, 0.717) is 16.6 Å². The quantitative estimate of drug-likeness (QED) is 0.657. The minimum atomic E-state index is 0. The van der Waals surface area contributed by atoms with Gasteiger partial charge < -0.3 is 11.7 Å². The molecule has 0 saturated heterocycles. The molecule has 0 heterocycles. The van der Waals surface area contributed by atoms with Crippen LogP contribution in [-0.4, -0.2) is 6.54 Å². The van der Waals surface area contributed by atoms with Crippen LogP contribution in [0.3, 0.4) is 0 Å². The summed E-state index contributed by atoms with van der Waals surface area (Å²) in [7, 11) is 0. The van der Waals surface area contributed by atoms with E-state index in [4.69, 9.17) is 28.9 Å². The van der Waals surface area contributed by atoms with E-state index in [1.807, 2.05) is 12.1 Å². The SMILES string of the molecule is C[C-]1CCC[C@@](CN)(c2ccc(Cl)c(Cl)c2)C1.[Re]. The van der Waals surface area contributed by atoms with Crippen LogP contribution in [-0.2, 0) is 25.8 Å². The van der Waals surface area contributed by atoms with E-state index in [2.05, 4.69) is 13.0 Å². The zero-order chi connectivity index (χ0) is 12.5. The molecule has 1 aromatic rings. The first-order valence-corrected chi connectivity index (χ1v) is 6.80. The molecule has 0 spiro atoms. The first-order chi connectivity index (χ1) is 8.07. The van der Waals surface area contributed by atoms with Crippen molar-refractivity contribution in [1.29, 1.82) is 0 Å². The molecule has 101 valence electrons. The maximum Gasteiger partial charge on any atom is 0.0595 e. The molecule has 18 heavy (non-hydrogen) atoms. The average Bonchev–Trinajstić information content (AvgIpc) is 2.32. The van der Waals surface area contributed by atoms with Gasteiger partial charge in [0.05, 0.1) is 10.0 Å². The Labute approximate surface area is 133 Å². The molecule has 1 saturated carbocycles. The monoisotopic (exact) mass is 457 g/mol. The maximum atomic E-state index is 6.11. The minimum Gasteiger partial charge on any atom is -0.330 e. The van der Waals surface area contributed by atoms with Crippen molar-refractivity contribution in [3.05, 3.63) is 39.7 Å². The second kappa shape index (κ2) is 6.73. The van der Waals surface area contributed by atoms with E-state index in [-0.39, 0.29) is 25.8 Å². The normalized spacial score (nSPS) is 24.7. The molecule has 1 fully saturated rings. The maximum absolute atomic E-state index is 6.11. The number of halogens is 2. The van der Waals surface area contributed by atoms with Crippen LogP contribution in [0.5, 0.6) is 0 Å². The zero-order valence-electron chi connectivity index (χ0n) is 10.5. The van der Waals surface area contributed by atoms with Gasteiger partial charge in [-0.3, -0.25) is 0 Å². The van der Waals surface area contributed by atoms with Gasteiger partial charge in [-0.2, -0.15) is 19.8 Å². The van der Waals surface area contributed by atoms with Crippen LogP contribution in [0.2, 0.25) is 10.0 Å². The average molecular weight is 457 g/mol. The molecule has 0 aliphatic heterocycles. The van der Waals surface area contributed by atoms with Gasteiger partial charge >= 0.3 is 0 Å². The zero-order valence-corrected chi connectivity index (χ0v) is 14.7. The summed E-state index contributed by atoms with van der Waals surface area (Å²) in [5, 5.41) is 1.24. The minimum absolute atomic E-state index is 0. The fourth-order valence-electron chi connectivity index (χ4n) is 2.85. The smallest absolute Gasteiger partial charge is 0.0595 e. The van der Waals surface area contributed by atoms with Crippen LogP contribution >= 0.6 is 23.2 Å². The molecule has 4 heteroatoms. The molecule has 1 aliphatic rings. The van der Waals surface area contributed by atoms with E-state index < -0.39 is 0 Å². The van der Waals surface area contributed by atoms with Gasteiger partial charge in [0.25, 0.3) is 0 Å². The first kappa shape index (κ1) is 16.5. The van der Waals surface area contributed by atoms with Crippen LogP contribution in [0.25, 0.3) is 0 Å². The van der Waals surface area contributed by atoms with Crippen molar-refractivity contribution in [1.82, 2.24) is 0 Å². The number of hydrogen-bond donors (Lipinski definition) is 1. The summed E-state index contributed by atoms with van der Waals surface area (Å²) >= 11 is 12.1. The number of rotatable bonds is 2. The van der Waals surface area contributed by atoms with Crippen molar-refractivity contribution in [2.45, 2.75) is 38.0 Å². The summed E-state index contributed by atoms with van der Waals surface area (Å²) in [6, 6.07) is 5.93. The molecular weight excluding hydrogens is 439 g/mol. The number of hydrogen-bond acceptors (Lipinski definition) is 1. The molecule has 2 N–H and O–H groups in total. The van der Waals surface area contributed by atoms with Crippen molar-refractivity contribution in [2.24, 2.45) is 5.73 Å². The Morgan fingerprint density at radius 3 is 2.61 bits per heavy atom. The summed E-state index contributed by atoms with van der Waals surface area (Å²) in [6.45, 7) is 2.89. The van der Waals surface area contributed by atoms with Crippen LogP contribution < -0.4 is 5.73 Å². The van der Waals surface area contributed by atoms with E-state index in [1.165, 1.54) is 24.3 Å². The third kappa shape index (κ3) is 3.30. The molecule has 1 radical (unpaired) electrons. The molecule has 0 bridgehead atoms. The van der Waals surface area contributed by atoms with Crippen LogP contribution in [0.15, 0.2) is 18.2 Å². The summed E-state index contributed by atoms with van der Waals surface area (Å²) in [4.78, 5) is 0. The van der Waals surface area contributed by atoms with Crippen molar-refractivity contribution < 1.29 is 20.4 Å². The third-order valence-corrected chi connectivity index (χ3v) is 4.56. The van der Waals surface area contributed by atoms with Crippen LogP contribution in [0, 0.1) is 5.92 Å². The number of nitrogens with two attached hydrogens (primary N) is 1. The summed E-state index contributed by atoms with van der Waals surface area (Å²) < 4.78 is 0. The van der Waals surface area contributed by atoms with Gasteiger partial charge in [0.1, 0.15) is 0 Å². The van der Waals surface area contributed by atoms with E-state index in [1.54, 1.807) is 0 Å². The first-order valence-electron chi connectivity index (χ1n) is 6.04. The summed E-state index contributed by atoms with van der Waals surface area (Å²) in [6.07, 6.45) is 4.65. The van der Waals surface area contributed by atoms with Gasteiger partial charge in [0.15, 0.2) is 0 Å². The standard InChI is InChI=1S/C14H18Cl2N.Re/c1-10-3-2-6-14(8-10,9-17)11-4-5-12(15)13(16)7-11;/h4-5,7H,2-3,6,8-9,17H2,1H3;/q-1;/t14-;/m1./s1. The molecule has 0 aromatic heterocycles. The number of benzene rings is 1. The summed E-state index contributed by atoms with van der Waals surface area (Å²) in [5.41, 5.74) is 7.33. The molecule has 1 aliphatic carbocycles. The molecule has 0 amide bonds. The van der Waals surface area contributed by atoms with Crippen LogP contribution in [0.4, 0.5) is 0 Å². The van der Waals surface area contributed by atoms with Gasteiger partial charge in [-0.05, 0) is 36.1 Å². The molecular formula is C14H18Cl2NRe-. The topological polar surface area (TPSA) is 26.0 Å².